The smallest absolute Gasteiger partial charge is 0.330 e. The molecular formula is C37H44N2O6. The zero-order valence-electron chi connectivity index (χ0n) is 27.2. The van der Waals surface area contributed by atoms with Gasteiger partial charge in [-0.25, -0.2) is 4.79 Å². The first kappa shape index (κ1) is 32.6. The van der Waals surface area contributed by atoms with Crippen molar-refractivity contribution in [3.63, 3.8) is 0 Å². The van der Waals surface area contributed by atoms with E-state index in [0.717, 1.165) is 16.7 Å². The van der Waals surface area contributed by atoms with Gasteiger partial charge in [0.15, 0.2) is 6.23 Å². The summed E-state index contributed by atoms with van der Waals surface area (Å²) in [7, 11) is 0. The molecule has 0 bridgehead atoms. The van der Waals surface area contributed by atoms with Gasteiger partial charge in [-0.05, 0) is 65.2 Å². The van der Waals surface area contributed by atoms with Gasteiger partial charge >= 0.3 is 5.69 Å². The first-order valence-electron chi connectivity index (χ1n) is 15.4. The van der Waals surface area contributed by atoms with Gasteiger partial charge < -0.3 is 18.9 Å². The van der Waals surface area contributed by atoms with Gasteiger partial charge in [0, 0.05) is 11.8 Å². The lowest BCUT2D eigenvalue weighted by atomic mass is 9.80. The van der Waals surface area contributed by atoms with Gasteiger partial charge in [0.25, 0.3) is 5.56 Å². The summed E-state index contributed by atoms with van der Waals surface area (Å²) in [6.07, 6.45) is -1.32. The van der Waals surface area contributed by atoms with Crippen molar-refractivity contribution in [1.82, 2.24) is 9.55 Å². The number of ether oxygens (including phenoxy) is 4. The third kappa shape index (κ3) is 7.20. The van der Waals surface area contributed by atoms with Crippen LogP contribution in [0.25, 0.3) is 0 Å². The van der Waals surface area contributed by atoms with Gasteiger partial charge in [0.1, 0.15) is 23.9 Å². The van der Waals surface area contributed by atoms with Gasteiger partial charge in [-0.15, -0.1) is 0 Å². The van der Waals surface area contributed by atoms with Crippen molar-refractivity contribution in [3.8, 4) is 0 Å². The quantitative estimate of drug-likeness (QED) is 0.229. The molecule has 8 heteroatoms. The molecule has 1 aliphatic heterocycles. The van der Waals surface area contributed by atoms with E-state index in [1.807, 2.05) is 96.1 Å². The monoisotopic (exact) mass is 612 g/mol. The average Bonchev–Trinajstić information content (AvgIpc) is 3.30. The van der Waals surface area contributed by atoms with Crippen molar-refractivity contribution < 1.29 is 18.9 Å². The molecule has 4 atom stereocenters. The molecule has 0 saturated carbocycles. The Labute approximate surface area is 264 Å². The lowest BCUT2D eigenvalue weighted by Crippen LogP contribution is -2.47. The van der Waals surface area contributed by atoms with E-state index in [0.29, 0.717) is 5.56 Å². The first-order valence-corrected chi connectivity index (χ1v) is 15.4. The van der Waals surface area contributed by atoms with Gasteiger partial charge in [-0.3, -0.25) is 14.3 Å². The molecule has 0 amide bonds. The molecule has 1 aromatic heterocycles. The molecule has 0 unspecified atom stereocenters. The summed E-state index contributed by atoms with van der Waals surface area (Å²) in [4.78, 5) is 27.8. The predicted molar refractivity (Wildman–Crippen MR) is 174 cm³/mol. The average molecular weight is 613 g/mol. The molecule has 2 heterocycles. The van der Waals surface area contributed by atoms with E-state index in [9.17, 15) is 9.59 Å². The van der Waals surface area contributed by atoms with Crippen molar-refractivity contribution in [3.05, 3.63) is 140 Å². The van der Waals surface area contributed by atoms with E-state index in [1.165, 1.54) is 10.8 Å². The maximum atomic E-state index is 13.2. The number of nitrogens with one attached hydrogen (secondary N) is 1. The highest BCUT2D eigenvalue weighted by Crippen LogP contribution is 2.43. The zero-order valence-corrected chi connectivity index (χ0v) is 27.2. The molecule has 238 valence electrons. The second-order valence-electron chi connectivity index (χ2n) is 13.5. The third-order valence-corrected chi connectivity index (χ3v) is 7.69. The molecule has 0 aliphatic carbocycles. The van der Waals surface area contributed by atoms with Crippen LogP contribution in [0.5, 0.6) is 0 Å². The molecule has 4 aromatic rings. The largest absolute Gasteiger partial charge is 0.367 e. The highest BCUT2D eigenvalue weighted by atomic mass is 16.6. The van der Waals surface area contributed by atoms with E-state index in [-0.39, 0.29) is 6.61 Å². The lowest BCUT2D eigenvalue weighted by molar-refractivity contribution is -0.167. The second kappa shape index (κ2) is 12.9. The predicted octanol–water partition coefficient (Wildman–Crippen LogP) is 6.12. The first-order chi connectivity index (χ1) is 21.3. The minimum atomic E-state index is -0.983. The van der Waals surface area contributed by atoms with Crippen LogP contribution in [-0.2, 0) is 24.5 Å². The van der Waals surface area contributed by atoms with Crippen LogP contribution in [0, 0.1) is 6.92 Å². The summed E-state index contributed by atoms with van der Waals surface area (Å²) in [5.41, 5.74) is 0.0948. The molecule has 1 saturated heterocycles. The van der Waals surface area contributed by atoms with E-state index < -0.39 is 52.6 Å². The Morgan fingerprint density at radius 1 is 0.711 bits per heavy atom. The number of hydrogen-bond donors (Lipinski definition) is 1. The summed E-state index contributed by atoms with van der Waals surface area (Å²) >= 11 is 0. The number of aromatic nitrogens is 2. The van der Waals surface area contributed by atoms with Crippen LogP contribution in [0.4, 0.5) is 0 Å². The Morgan fingerprint density at radius 2 is 1.16 bits per heavy atom. The van der Waals surface area contributed by atoms with Crippen LogP contribution < -0.4 is 11.2 Å². The maximum Gasteiger partial charge on any atom is 0.330 e. The van der Waals surface area contributed by atoms with Crippen LogP contribution in [-0.4, -0.2) is 45.7 Å². The van der Waals surface area contributed by atoms with E-state index in [2.05, 4.69) is 41.4 Å². The molecule has 1 fully saturated rings. The summed E-state index contributed by atoms with van der Waals surface area (Å²) in [5.74, 6) is 0. The minimum Gasteiger partial charge on any atom is -0.367 e. The number of rotatable bonds is 9. The van der Waals surface area contributed by atoms with Crippen molar-refractivity contribution in [2.45, 2.75) is 89.8 Å². The summed E-state index contributed by atoms with van der Waals surface area (Å²) < 4.78 is 28.5. The Morgan fingerprint density at radius 3 is 1.60 bits per heavy atom. The van der Waals surface area contributed by atoms with Gasteiger partial charge in [0.2, 0.25) is 0 Å². The fourth-order valence-corrected chi connectivity index (χ4v) is 5.90. The van der Waals surface area contributed by atoms with Crippen LogP contribution >= 0.6 is 0 Å². The summed E-state index contributed by atoms with van der Waals surface area (Å²) in [6, 6.07) is 30.4. The van der Waals surface area contributed by atoms with Crippen molar-refractivity contribution >= 4 is 0 Å². The number of benzene rings is 3. The number of nitrogens with zero attached hydrogens (tertiary/aromatic N) is 1. The van der Waals surface area contributed by atoms with Gasteiger partial charge in [-0.2, -0.15) is 0 Å². The summed E-state index contributed by atoms with van der Waals surface area (Å²) in [5, 5.41) is 0. The molecule has 1 aliphatic rings. The molecular weight excluding hydrogens is 568 g/mol. The van der Waals surface area contributed by atoms with Crippen molar-refractivity contribution in [2.75, 3.05) is 6.61 Å². The normalized spacial score (nSPS) is 20.8. The zero-order chi connectivity index (χ0) is 32.4. The standard InChI is InChI=1S/C37H44N2O6/c1-25-23-39(34(41)38-32(25)40)33-31(45-36(5,6)7)30(44-35(2,3)4)29(43-33)24-42-37(26-17-11-8-12-18-26,27-19-13-9-14-20-27)28-21-15-10-16-22-28/h8-23,29-31,33H,24H2,1-7H3,(H,38,40,41)/t29-,30-,31-,33-/m1/s1. The van der Waals surface area contributed by atoms with Crippen LogP contribution in [0.2, 0.25) is 0 Å². The highest BCUT2D eigenvalue weighted by Gasteiger charge is 2.51. The molecule has 1 N–H and O–H groups in total. The second-order valence-corrected chi connectivity index (χ2v) is 13.5. The Kier molecular flexibility index (Phi) is 9.33. The fraction of sp³-hybridized carbons (Fsp3) is 0.405. The number of aromatic amines is 1. The highest BCUT2D eigenvalue weighted by molar-refractivity contribution is 5.47. The topological polar surface area (TPSA) is 91.8 Å². The Bertz CT molecular complexity index is 1570. The Balaban J connectivity index is 1.63. The van der Waals surface area contributed by atoms with Crippen LogP contribution in [0.15, 0.2) is 107 Å². The molecule has 0 spiro atoms. The molecule has 5 rings (SSSR count). The maximum absolute atomic E-state index is 13.2. The molecule has 8 nitrogen and oxygen atoms in total. The number of H-pyrrole nitrogens is 1. The number of aryl methyl sites for hydroxylation is 1. The minimum absolute atomic E-state index is 0.108. The molecule has 45 heavy (non-hydrogen) atoms. The molecule has 3 aromatic carbocycles. The SMILES string of the molecule is Cc1cn([C@@H]2O[C@H](COC(c3ccccc3)(c3ccccc3)c3ccccc3)[C@@H](OC(C)(C)C)[C@H]2OC(C)(C)C)c(=O)[nH]c1=O. The summed E-state index contributed by atoms with van der Waals surface area (Å²) in [6.45, 7) is 13.6. The molecule has 0 radical (unpaired) electrons. The van der Waals surface area contributed by atoms with Crippen LogP contribution in [0.3, 0.4) is 0 Å². The fourth-order valence-electron chi connectivity index (χ4n) is 5.90. The van der Waals surface area contributed by atoms with Crippen LogP contribution in [0.1, 0.15) is 70.0 Å². The van der Waals surface area contributed by atoms with E-state index in [4.69, 9.17) is 18.9 Å². The lowest BCUT2D eigenvalue weighted by Gasteiger charge is -2.38. The van der Waals surface area contributed by atoms with E-state index in [1.54, 1.807) is 6.92 Å². The van der Waals surface area contributed by atoms with Crippen molar-refractivity contribution in [2.24, 2.45) is 0 Å². The Hall–Kier alpha value is -3.82. The van der Waals surface area contributed by atoms with Gasteiger partial charge in [-0.1, -0.05) is 91.0 Å². The third-order valence-electron chi connectivity index (χ3n) is 7.69. The van der Waals surface area contributed by atoms with Gasteiger partial charge in [0.05, 0.1) is 17.8 Å². The number of hydrogen-bond acceptors (Lipinski definition) is 6. The van der Waals surface area contributed by atoms with Crippen molar-refractivity contribution in [1.29, 1.82) is 0 Å². The van der Waals surface area contributed by atoms with E-state index >= 15 is 0 Å².